The second kappa shape index (κ2) is 4.99. The van der Waals surface area contributed by atoms with Crippen LogP contribution in [0.5, 0.6) is 0 Å². The van der Waals surface area contributed by atoms with Crippen molar-refractivity contribution in [2.45, 2.75) is 24.0 Å². The molecular formula is C10H14BrNO2S. The number of alkyl halides is 1. The van der Waals surface area contributed by atoms with Gasteiger partial charge in [0.05, 0.1) is 15.6 Å². The second-order valence-electron chi connectivity index (χ2n) is 3.43. The maximum atomic E-state index is 11.8. The molecule has 0 saturated heterocycles. The van der Waals surface area contributed by atoms with E-state index < -0.39 is 9.84 Å². The van der Waals surface area contributed by atoms with E-state index in [0.717, 1.165) is 5.69 Å². The van der Waals surface area contributed by atoms with Crippen molar-refractivity contribution in [2.75, 3.05) is 10.8 Å². The molecule has 0 radical (unpaired) electrons. The number of halogens is 1. The lowest BCUT2D eigenvalue weighted by molar-refractivity contribution is 0.587. The van der Waals surface area contributed by atoms with Crippen molar-refractivity contribution < 1.29 is 8.42 Å². The van der Waals surface area contributed by atoms with Gasteiger partial charge in [0.1, 0.15) is 0 Å². The number of hydrogen-bond donors (Lipinski definition) is 1. The van der Waals surface area contributed by atoms with E-state index in [0.29, 0.717) is 10.3 Å². The third-order valence-corrected chi connectivity index (χ3v) is 4.53. The van der Waals surface area contributed by atoms with Crippen LogP contribution in [-0.4, -0.2) is 19.1 Å². The van der Waals surface area contributed by atoms with Crippen molar-refractivity contribution in [3.05, 3.63) is 24.3 Å². The molecule has 84 valence electrons. The first-order valence-corrected chi connectivity index (χ1v) is 7.29. The quantitative estimate of drug-likeness (QED) is 0.685. The molecule has 1 aromatic carbocycles. The maximum Gasteiger partial charge on any atom is 0.180 e. The van der Waals surface area contributed by atoms with Crippen LogP contribution in [0.1, 0.15) is 13.8 Å². The fourth-order valence-corrected chi connectivity index (χ4v) is 2.50. The summed E-state index contributed by atoms with van der Waals surface area (Å²) in [6, 6.07) is 6.77. The van der Waals surface area contributed by atoms with E-state index in [9.17, 15) is 8.42 Å². The summed E-state index contributed by atoms with van der Waals surface area (Å²) in [5.74, 6) is 0. The predicted octanol–water partition coefficient (Wildman–Crippen LogP) is 2.63. The average molecular weight is 292 g/mol. The van der Waals surface area contributed by atoms with Gasteiger partial charge in [-0.05, 0) is 38.1 Å². The smallest absolute Gasteiger partial charge is 0.180 e. The fourth-order valence-electron chi connectivity index (χ4n) is 1.11. The van der Waals surface area contributed by atoms with Crippen LogP contribution >= 0.6 is 15.9 Å². The fraction of sp³-hybridized carbons (Fsp3) is 0.400. The number of rotatable bonds is 4. The van der Waals surface area contributed by atoms with E-state index in [4.69, 9.17) is 0 Å². The lowest BCUT2D eigenvalue weighted by Gasteiger charge is -2.08. The first kappa shape index (κ1) is 12.5. The molecule has 0 aliphatic carbocycles. The zero-order valence-corrected chi connectivity index (χ0v) is 11.1. The zero-order chi connectivity index (χ0) is 11.5. The van der Waals surface area contributed by atoms with Crippen LogP contribution in [0.25, 0.3) is 0 Å². The molecule has 1 rings (SSSR count). The molecule has 1 N–H and O–H groups in total. The highest BCUT2D eigenvalue weighted by Crippen LogP contribution is 2.18. The SMILES string of the molecule is CC(C)S(=O)(=O)c1ccc(NCBr)cc1. The molecule has 0 fully saturated rings. The van der Waals surface area contributed by atoms with Crippen molar-refractivity contribution in [1.29, 1.82) is 0 Å². The summed E-state index contributed by atoms with van der Waals surface area (Å²) >= 11 is 3.24. The van der Waals surface area contributed by atoms with Gasteiger partial charge < -0.3 is 5.32 Å². The minimum absolute atomic E-state index is 0.373. The molecule has 0 aromatic heterocycles. The highest BCUT2D eigenvalue weighted by Gasteiger charge is 2.18. The van der Waals surface area contributed by atoms with E-state index in [1.54, 1.807) is 38.1 Å². The molecule has 0 saturated carbocycles. The summed E-state index contributed by atoms with van der Waals surface area (Å²) < 4.78 is 23.5. The van der Waals surface area contributed by atoms with E-state index >= 15 is 0 Å². The Hall–Kier alpha value is -0.550. The number of benzene rings is 1. The number of sulfone groups is 1. The standard InChI is InChI=1S/C10H14BrNO2S/c1-8(2)15(13,14)10-5-3-9(4-6-10)12-7-11/h3-6,8,12H,7H2,1-2H3. The highest BCUT2D eigenvalue weighted by atomic mass is 79.9. The Kier molecular flexibility index (Phi) is 4.16. The van der Waals surface area contributed by atoms with Gasteiger partial charge in [0.25, 0.3) is 0 Å². The van der Waals surface area contributed by atoms with Gasteiger partial charge >= 0.3 is 0 Å². The van der Waals surface area contributed by atoms with Gasteiger partial charge in [-0.1, -0.05) is 15.9 Å². The molecule has 0 spiro atoms. The van der Waals surface area contributed by atoms with Gasteiger partial charge in [-0.2, -0.15) is 0 Å². The van der Waals surface area contributed by atoms with Crippen molar-refractivity contribution in [1.82, 2.24) is 0 Å². The van der Waals surface area contributed by atoms with E-state index in [-0.39, 0.29) is 5.25 Å². The van der Waals surface area contributed by atoms with Crippen LogP contribution in [0, 0.1) is 0 Å². The Morgan fingerprint density at radius 1 is 1.27 bits per heavy atom. The minimum atomic E-state index is -3.15. The van der Waals surface area contributed by atoms with E-state index in [1.165, 1.54) is 0 Å². The first-order chi connectivity index (χ1) is 6.98. The summed E-state index contributed by atoms with van der Waals surface area (Å²) in [5, 5.41) is 2.66. The molecule has 5 heteroatoms. The van der Waals surface area contributed by atoms with Gasteiger partial charge in [-0.15, -0.1) is 0 Å². The van der Waals surface area contributed by atoms with Crippen molar-refractivity contribution >= 4 is 31.5 Å². The van der Waals surface area contributed by atoms with Crippen molar-refractivity contribution in [2.24, 2.45) is 0 Å². The Morgan fingerprint density at radius 3 is 2.20 bits per heavy atom. The molecule has 15 heavy (non-hydrogen) atoms. The normalized spacial score (nSPS) is 11.7. The van der Waals surface area contributed by atoms with Gasteiger partial charge in [-0.3, -0.25) is 0 Å². The summed E-state index contributed by atoms with van der Waals surface area (Å²) in [4.78, 5) is 0.373. The molecule has 0 bridgehead atoms. The molecule has 0 aliphatic heterocycles. The molecule has 3 nitrogen and oxygen atoms in total. The zero-order valence-electron chi connectivity index (χ0n) is 8.70. The van der Waals surface area contributed by atoms with Crippen LogP contribution in [0.15, 0.2) is 29.2 Å². The van der Waals surface area contributed by atoms with E-state index in [2.05, 4.69) is 21.2 Å². The number of anilines is 1. The average Bonchev–Trinajstić information content (AvgIpc) is 2.19. The monoisotopic (exact) mass is 291 g/mol. The topological polar surface area (TPSA) is 46.2 Å². The largest absolute Gasteiger partial charge is 0.375 e. The van der Waals surface area contributed by atoms with Crippen LogP contribution < -0.4 is 5.32 Å². The minimum Gasteiger partial charge on any atom is -0.375 e. The third kappa shape index (κ3) is 2.95. The van der Waals surface area contributed by atoms with Crippen LogP contribution in [-0.2, 0) is 9.84 Å². The van der Waals surface area contributed by atoms with Crippen molar-refractivity contribution in [3.63, 3.8) is 0 Å². The maximum absolute atomic E-state index is 11.8. The highest BCUT2D eigenvalue weighted by molar-refractivity contribution is 9.09. The molecule has 0 aliphatic rings. The molecular weight excluding hydrogens is 278 g/mol. The van der Waals surface area contributed by atoms with Crippen LogP contribution in [0.3, 0.4) is 0 Å². The molecule has 0 atom stereocenters. The van der Waals surface area contributed by atoms with Gasteiger partial charge in [0.15, 0.2) is 9.84 Å². The van der Waals surface area contributed by atoms with Gasteiger partial charge in [0, 0.05) is 5.69 Å². The molecule has 0 unspecified atom stereocenters. The summed E-state index contributed by atoms with van der Waals surface area (Å²) in [6.45, 7) is 3.36. The molecule has 0 amide bonds. The van der Waals surface area contributed by atoms with Crippen LogP contribution in [0.4, 0.5) is 5.69 Å². The van der Waals surface area contributed by atoms with Crippen molar-refractivity contribution in [3.8, 4) is 0 Å². The summed E-state index contributed by atoms with van der Waals surface area (Å²) in [7, 11) is -3.15. The van der Waals surface area contributed by atoms with Crippen LogP contribution in [0.2, 0.25) is 0 Å². The Balaban J connectivity index is 2.99. The molecule has 1 aromatic rings. The summed E-state index contributed by atoms with van der Waals surface area (Å²) in [6.07, 6.45) is 0. The Morgan fingerprint density at radius 2 is 1.80 bits per heavy atom. The predicted molar refractivity (Wildman–Crippen MR) is 66.2 cm³/mol. The number of nitrogens with one attached hydrogen (secondary N) is 1. The number of hydrogen-bond acceptors (Lipinski definition) is 3. The summed E-state index contributed by atoms with van der Waals surface area (Å²) in [5.41, 5.74) is 1.54. The van der Waals surface area contributed by atoms with Gasteiger partial charge in [-0.25, -0.2) is 8.42 Å². The first-order valence-electron chi connectivity index (χ1n) is 4.62. The Labute approximate surface area is 98.9 Å². The Bertz CT molecular complexity index is 412. The lowest BCUT2D eigenvalue weighted by Crippen LogP contribution is -2.13. The third-order valence-electron chi connectivity index (χ3n) is 2.07. The molecule has 0 heterocycles. The second-order valence-corrected chi connectivity index (χ2v) is 6.49. The lowest BCUT2D eigenvalue weighted by atomic mass is 10.3. The van der Waals surface area contributed by atoms with E-state index in [1.807, 2.05) is 0 Å². The van der Waals surface area contributed by atoms with Gasteiger partial charge in [0.2, 0.25) is 0 Å².